The van der Waals surface area contributed by atoms with Gasteiger partial charge in [0.05, 0.1) is 0 Å². The number of hydrogen-bond acceptors (Lipinski definition) is 2. The summed E-state index contributed by atoms with van der Waals surface area (Å²) >= 11 is 0. The van der Waals surface area contributed by atoms with Crippen LogP contribution >= 0.6 is 0 Å². The molecule has 0 bridgehead atoms. The Labute approximate surface area is 117 Å². The first kappa shape index (κ1) is 17.7. The molecule has 1 amide bonds. The quantitative estimate of drug-likeness (QED) is 0.524. The van der Waals surface area contributed by atoms with E-state index in [1.165, 1.54) is 0 Å². The predicted octanol–water partition coefficient (Wildman–Crippen LogP) is 1.50. The lowest BCUT2D eigenvalue weighted by Crippen LogP contribution is -2.46. The van der Waals surface area contributed by atoms with E-state index in [2.05, 4.69) is 41.7 Å². The van der Waals surface area contributed by atoms with Crippen LogP contribution in [0, 0.1) is 5.92 Å². The van der Waals surface area contributed by atoms with Gasteiger partial charge in [-0.1, -0.05) is 13.8 Å². The van der Waals surface area contributed by atoms with Gasteiger partial charge in [0, 0.05) is 18.1 Å². The van der Waals surface area contributed by atoms with Gasteiger partial charge in [0.15, 0.2) is 5.96 Å². The summed E-state index contributed by atoms with van der Waals surface area (Å²) in [6.45, 7) is 15.2. The molecule has 1 unspecified atom stereocenters. The summed E-state index contributed by atoms with van der Waals surface area (Å²) in [5.41, 5.74) is -0.219. The molecule has 0 saturated heterocycles. The molecule has 3 N–H and O–H groups in total. The van der Waals surface area contributed by atoms with Gasteiger partial charge >= 0.3 is 0 Å². The normalized spacial score (nSPS) is 14.2. The van der Waals surface area contributed by atoms with E-state index in [0.29, 0.717) is 17.9 Å². The molecule has 0 aromatic heterocycles. The number of carbonyl (C=O) groups excluding carboxylic acids is 1. The highest BCUT2D eigenvalue weighted by molar-refractivity contribution is 5.85. The molecular weight excluding hydrogens is 240 g/mol. The molecule has 1 atom stereocenters. The van der Waals surface area contributed by atoms with Crippen molar-refractivity contribution in [2.75, 3.05) is 13.1 Å². The minimum Gasteiger partial charge on any atom is -0.357 e. The second-order valence-electron chi connectivity index (χ2n) is 6.17. The molecule has 0 rings (SSSR count). The second kappa shape index (κ2) is 8.02. The third-order valence-electron chi connectivity index (χ3n) is 2.60. The van der Waals surface area contributed by atoms with Gasteiger partial charge in [0.1, 0.15) is 6.54 Å². The Morgan fingerprint density at radius 1 is 1.21 bits per heavy atom. The SMILES string of the molecule is CCNC(=NCC(=O)NC(C)(C)C)NC(C)C(C)C. The summed E-state index contributed by atoms with van der Waals surface area (Å²) in [5, 5.41) is 9.33. The summed E-state index contributed by atoms with van der Waals surface area (Å²) in [5.74, 6) is 1.13. The van der Waals surface area contributed by atoms with Gasteiger partial charge in [-0.05, 0) is 40.5 Å². The van der Waals surface area contributed by atoms with Crippen molar-refractivity contribution < 1.29 is 4.79 Å². The topological polar surface area (TPSA) is 65.5 Å². The van der Waals surface area contributed by atoms with Crippen molar-refractivity contribution in [1.29, 1.82) is 0 Å². The molecule has 5 heteroatoms. The van der Waals surface area contributed by atoms with E-state index in [9.17, 15) is 4.79 Å². The van der Waals surface area contributed by atoms with Gasteiger partial charge in [-0.2, -0.15) is 0 Å². The number of guanidine groups is 1. The Morgan fingerprint density at radius 3 is 2.21 bits per heavy atom. The first-order valence-electron chi connectivity index (χ1n) is 7.01. The van der Waals surface area contributed by atoms with E-state index in [4.69, 9.17) is 0 Å². The Hall–Kier alpha value is -1.26. The number of nitrogens with one attached hydrogen (secondary N) is 3. The lowest BCUT2D eigenvalue weighted by atomic mass is 10.1. The average molecular weight is 270 g/mol. The van der Waals surface area contributed by atoms with E-state index in [1.54, 1.807) is 0 Å². The second-order valence-corrected chi connectivity index (χ2v) is 6.17. The zero-order valence-corrected chi connectivity index (χ0v) is 13.4. The molecular formula is C14H30N4O. The number of hydrogen-bond donors (Lipinski definition) is 3. The van der Waals surface area contributed by atoms with E-state index in [1.807, 2.05) is 27.7 Å². The van der Waals surface area contributed by atoms with Crippen molar-refractivity contribution in [3.05, 3.63) is 0 Å². The van der Waals surface area contributed by atoms with Gasteiger partial charge in [0.25, 0.3) is 0 Å². The Morgan fingerprint density at radius 2 is 1.79 bits per heavy atom. The van der Waals surface area contributed by atoms with Crippen LogP contribution in [0.4, 0.5) is 0 Å². The molecule has 0 heterocycles. The van der Waals surface area contributed by atoms with Crippen LogP contribution in [0.1, 0.15) is 48.5 Å². The third-order valence-corrected chi connectivity index (χ3v) is 2.60. The number of carbonyl (C=O) groups is 1. The lowest BCUT2D eigenvalue weighted by Gasteiger charge is -2.22. The standard InChI is InChI=1S/C14H30N4O/c1-8-15-13(17-11(4)10(2)3)16-9-12(19)18-14(5,6)7/h10-11H,8-9H2,1-7H3,(H,18,19)(H2,15,16,17). The number of rotatable bonds is 5. The fourth-order valence-electron chi connectivity index (χ4n) is 1.31. The minimum absolute atomic E-state index is 0.0677. The van der Waals surface area contributed by atoms with Crippen LogP contribution in [0.15, 0.2) is 4.99 Å². The molecule has 0 spiro atoms. The number of aliphatic imine (C=N–C) groups is 1. The van der Waals surface area contributed by atoms with Crippen molar-refractivity contribution in [1.82, 2.24) is 16.0 Å². The fraction of sp³-hybridized carbons (Fsp3) is 0.857. The highest BCUT2D eigenvalue weighted by Gasteiger charge is 2.14. The van der Waals surface area contributed by atoms with Crippen molar-refractivity contribution in [2.45, 2.75) is 60.0 Å². The van der Waals surface area contributed by atoms with Gasteiger partial charge in [-0.25, -0.2) is 4.99 Å². The molecule has 0 saturated carbocycles. The van der Waals surface area contributed by atoms with Crippen molar-refractivity contribution in [3.63, 3.8) is 0 Å². The zero-order valence-electron chi connectivity index (χ0n) is 13.4. The van der Waals surface area contributed by atoms with E-state index in [0.717, 1.165) is 6.54 Å². The highest BCUT2D eigenvalue weighted by atomic mass is 16.2. The Balaban J connectivity index is 4.45. The van der Waals surface area contributed by atoms with E-state index < -0.39 is 0 Å². The number of amides is 1. The van der Waals surface area contributed by atoms with Crippen LogP contribution in [-0.2, 0) is 4.79 Å². The Bertz CT molecular complexity index is 305. The van der Waals surface area contributed by atoms with Crippen LogP contribution in [0.5, 0.6) is 0 Å². The predicted molar refractivity (Wildman–Crippen MR) is 81.3 cm³/mol. The molecule has 0 aliphatic rings. The minimum atomic E-state index is -0.219. The van der Waals surface area contributed by atoms with Crippen LogP contribution in [-0.4, -0.2) is 36.5 Å². The first-order valence-corrected chi connectivity index (χ1v) is 7.01. The summed E-state index contributed by atoms with van der Waals surface area (Å²) in [4.78, 5) is 16.0. The lowest BCUT2D eigenvalue weighted by molar-refractivity contribution is -0.121. The molecule has 112 valence electrons. The van der Waals surface area contributed by atoms with Crippen LogP contribution in [0.3, 0.4) is 0 Å². The summed E-state index contributed by atoms with van der Waals surface area (Å²) < 4.78 is 0. The van der Waals surface area contributed by atoms with E-state index in [-0.39, 0.29) is 18.0 Å². The smallest absolute Gasteiger partial charge is 0.242 e. The average Bonchev–Trinajstić information content (AvgIpc) is 2.23. The van der Waals surface area contributed by atoms with Crippen LogP contribution < -0.4 is 16.0 Å². The van der Waals surface area contributed by atoms with E-state index >= 15 is 0 Å². The summed E-state index contributed by atoms with van der Waals surface area (Å²) in [6, 6.07) is 0.309. The molecule has 0 radical (unpaired) electrons. The van der Waals surface area contributed by atoms with Gasteiger partial charge < -0.3 is 16.0 Å². The third kappa shape index (κ3) is 9.33. The summed E-state index contributed by atoms with van der Waals surface area (Å²) in [7, 11) is 0. The van der Waals surface area contributed by atoms with Crippen LogP contribution in [0.25, 0.3) is 0 Å². The van der Waals surface area contributed by atoms with Gasteiger partial charge in [0.2, 0.25) is 5.91 Å². The zero-order chi connectivity index (χ0) is 15.1. The van der Waals surface area contributed by atoms with Crippen molar-refractivity contribution in [2.24, 2.45) is 10.9 Å². The highest BCUT2D eigenvalue weighted by Crippen LogP contribution is 2.00. The molecule has 0 aromatic carbocycles. The van der Waals surface area contributed by atoms with Crippen molar-refractivity contribution in [3.8, 4) is 0 Å². The Kier molecular flexibility index (Phi) is 7.49. The summed E-state index contributed by atoms with van der Waals surface area (Å²) in [6.07, 6.45) is 0. The molecule has 19 heavy (non-hydrogen) atoms. The van der Waals surface area contributed by atoms with Gasteiger partial charge in [-0.3, -0.25) is 4.79 Å². The largest absolute Gasteiger partial charge is 0.357 e. The molecule has 0 aliphatic carbocycles. The molecule has 0 aromatic rings. The maximum atomic E-state index is 11.7. The first-order chi connectivity index (χ1) is 8.65. The maximum absolute atomic E-state index is 11.7. The fourth-order valence-corrected chi connectivity index (χ4v) is 1.31. The number of nitrogens with zero attached hydrogens (tertiary/aromatic N) is 1. The molecule has 5 nitrogen and oxygen atoms in total. The van der Waals surface area contributed by atoms with Crippen LogP contribution in [0.2, 0.25) is 0 Å². The van der Waals surface area contributed by atoms with Gasteiger partial charge in [-0.15, -0.1) is 0 Å². The molecule has 0 aliphatic heterocycles. The van der Waals surface area contributed by atoms with Crippen molar-refractivity contribution >= 4 is 11.9 Å². The maximum Gasteiger partial charge on any atom is 0.242 e. The molecule has 0 fully saturated rings. The monoisotopic (exact) mass is 270 g/mol.